The van der Waals surface area contributed by atoms with E-state index in [0.29, 0.717) is 16.5 Å². The lowest BCUT2D eigenvalue weighted by Gasteiger charge is -2.08. The second-order valence-electron chi connectivity index (χ2n) is 4.45. The third-order valence-corrected chi connectivity index (χ3v) is 3.66. The highest BCUT2D eigenvalue weighted by molar-refractivity contribution is 7.98. The zero-order valence-corrected chi connectivity index (χ0v) is 11.1. The van der Waals surface area contributed by atoms with Crippen molar-refractivity contribution >= 4 is 23.4 Å². The maximum Gasteiger partial charge on any atom is 0.239 e. The Morgan fingerprint density at radius 2 is 2.28 bits per heavy atom. The third kappa shape index (κ3) is 3.91. The van der Waals surface area contributed by atoms with Gasteiger partial charge in [-0.1, -0.05) is 0 Å². The molecule has 0 radical (unpaired) electrons. The van der Waals surface area contributed by atoms with Gasteiger partial charge in [0, 0.05) is 17.1 Å². The van der Waals surface area contributed by atoms with E-state index in [1.807, 2.05) is 6.26 Å². The fraction of sp³-hybridized carbons (Fsp3) is 0.462. The van der Waals surface area contributed by atoms with Gasteiger partial charge in [0.25, 0.3) is 0 Å². The molecule has 3 nitrogen and oxygen atoms in total. The van der Waals surface area contributed by atoms with E-state index >= 15 is 0 Å². The van der Waals surface area contributed by atoms with Crippen LogP contribution in [0.4, 0.5) is 10.1 Å². The van der Waals surface area contributed by atoms with Crippen molar-refractivity contribution in [3.63, 3.8) is 0 Å². The maximum atomic E-state index is 13.5. The number of carbonyl (C=O) groups excluding carboxylic acids is 1. The van der Waals surface area contributed by atoms with Crippen LogP contribution >= 0.6 is 11.8 Å². The van der Waals surface area contributed by atoms with E-state index in [0.717, 1.165) is 6.54 Å². The molecule has 0 atom stereocenters. The molecular weight excluding hydrogens is 251 g/mol. The van der Waals surface area contributed by atoms with Crippen molar-refractivity contribution in [2.45, 2.75) is 17.7 Å². The number of rotatable bonds is 6. The van der Waals surface area contributed by atoms with Gasteiger partial charge in [-0.05, 0) is 43.2 Å². The molecule has 0 heterocycles. The summed E-state index contributed by atoms with van der Waals surface area (Å²) in [5, 5.41) is 5.77. The lowest BCUT2D eigenvalue weighted by atomic mass is 10.3. The topological polar surface area (TPSA) is 41.1 Å². The van der Waals surface area contributed by atoms with Crippen LogP contribution in [-0.4, -0.2) is 25.3 Å². The Hall–Kier alpha value is -1.23. The smallest absolute Gasteiger partial charge is 0.239 e. The van der Waals surface area contributed by atoms with Gasteiger partial charge in [0.2, 0.25) is 5.91 Å². The molecule has 2 N–H and O–H groups in total. The maximum absolute atomic E-state index is 13.5. The van der Waals surface area contributed by atoms with Crippen molar-refractivity contribution in [3.05, 3.63) is 24.0 Å². The molecule has 0 bridgehead atoms. The van der Waals surface area contributed by atoms with Crippen LogP contribution in [0, 0.1) is 11.7 Å². The predicted molar refractivity (Wildman–Crippen MR) is 72.4 cm³/mol. The molecule has 1 amide bonds. The lowest BCUT2D eigenvalue weighted by Crippen LogP contribution is -2.31. The SMILES string of the molecule is CSc1ccc(NCC(=O)NCC2CC2)cc1F. The Balaban J connectivity index is 1.77. The number of hydrogen-bond acceptors (Lipinski definition) is 3. The zero-order valence-electron chi connectivity index (χ0n) is 10.3. The standard InChI is InChI=1S/C13H17FN2OS/c1-18-12-5-4-10(6-11(12)14)15-8-13(17)16-7-9-2-3-9/h4-6,9,15H,2-3,7-8H2,1H3,(H,16,17). The Labute approximate surface area is 111 Å². The Bertz CT molecular complexity index is 435. The van der Waals surface area contributed by atoms with Crippen LogP contribution in [0.2, 0.25) is 0 Å². The van der Waals surface area contributed by atoms with E-state index in [2.05, 4.69) is 10.6 Å². The van der Waals surface area contributed by atoms with Crippen molar-refractivity contribution in [1.29, 1.82) is 0 Å². The summed E-state index contributed by atoms with van der Waals surface area (Å²) < 4.78 is 13.5. The molecular formula is C13H17FN2OS. The number of carbonyl (C=O) groups is 1. The number of halogens is 1. The largest absolute Gasteiger partial charge is 0.376 e. The van der Waals surface area contributed by atoms with Gasteiger partial charge in [-0.3, -0.25) is 4.79 Å². The Kier molecular flexibility index (Phi) is 4.47. The van der Waals surface area contributed by atoms with Gasteiger partial charge in [-0.25, -0.2) is 4.39 Å². The highest BCUT2D eigenvalue weighted by Gasteiger charge is 2.21. The van der Waals surface area contributed by atoms with Crippen LogP contribution in [0.25, 0.3) is 0 Å². The first-order valence-electron chi connectivity index (χ1n) is 6.03. The molecule has 0 spiro atoms. The summed E-state index contributed by atoms with van der Waals surface area (Å²) in [4.78, 5) is 12.1. The van der Waals surface area contributed by atoms with Gasteiger partial charge >= 0.3 is 0 Å². The molecule has 1 aromatic rings. The molecule has 1 aliphatic rings. The Morgan fingerprint density at radius 3 is 2.89 bits per heavy atom. The number of nitrogens with one attached hydrogen (secondary N) is 2. The molecule has 1 aliphatic carbocycles. The average Bonchev–Trinajstić information content (AvgIpc) is 3.18. The molecule has 2 rings (SSSR count). The van der Waals surface area contributed by atoms with Crippen molar-refractivity contribution in [3.8, 4) is 0 Å². The van der Waals surface area contributed by atoms with E-state index < -0.39 is 0 Å². The Morgan fingerprint density at radius 1 is 1.50 bits per heavy atom. The fourth-order valence-corrected chi connectivity index (χ4v) is 2.06. The minimum Gasteiger partial charge on any atom is -0.376 e. The zero-order chi connectivity index (χ0) is 13.0. The second kappa shape index (κ2) is 6.09. The molecule has 5 heteroatoms. The molecule has 0 aromatic heterocycles. The first-order chi connectivity index (χ1) is 8.69. The molecule has 1 saturated carbocycles. The number of benzene rings is 1. The minimum atomic E-state index is -0.258. The van der Waals surface area contributed by atoms with Gasteiger partial charge in [0.15, 0.2) is 0 Å². The van der Waals surface area contributed by atoms with Gasteiger partial charge in [0.05, 0.1) is 6.54 Å². The van der Waals surface area contributed by atoms with Crippen LogP contribution in [0.15, 0.2) is 23.1 Å². The summed E-state index contributed by atoms with van der Waals surface area (Å²) in [6.45, 7) is 0.949. The van der Waals surface area contributed by atoms with Crippen LogP contribution < -0.4 is 10.6 Å². The van der Waals surface area contributed by atoms with Crippen molar-refractivity contribution in [1.82, 2.24) is 5.32 Å². The quantitative estimate of drug-likeness (QED) is 0.779. The number of hydrogen-bond donors (Lipinski definition) is 2. The fourth-order valence-electron chi connectivity index (χ4n) is 1.60. The van der Waals surface area contributed by atoms with E-state index in [1.54, 1.807) is 12.1 Å². The molecule has 18 heavy (non-hydrogen) atoms. The van der Waals surface area contributed by atoms with Crippen molar-refractivity contribution in [2.75, 3.05) is 24.7 Å². The highest BCUT2D eigenvalue weighted by atomic mass is 32.2. The van der Waals surface area contributed by atoms with Crippen LogP contribution in [0.5, 0.6) is 0 Å². The first kappa shape index (κ1) is 13.2. The van der Waals surface area contributed by atoms with Gasteiger partial charge in [0.1, 0.15) is 5.82 Å². The minimum absolute atomic E-state index is 0.0451. The second-order valence-corrected chi connectivity index (χ2v) is 5.30. The third-order valence-electron chi connectivity index (χ3n) is 2.89. The molecule has 0 saturated heterocycles. The van der Waals surface area contributed by atoms with Crippen LogP contribution in [0.1, 0.15) is 12.8 Å². The molecule has 0 unspecified atom stereocenters. The van der Waals surface area contributed by atoms with E-state index in [4.69, 9.17) is 0 Å². The summed E-state index contributed by atoms with van der Waals surface area (Å²) in [6, 6.07) is 4.91. The summed E-state index contributed by atoms with van der Waals surface area (Å²) >= 11 is 1.36. The van der Waals surface area contributed by atoms with Crippen LogP contribution in [0.3, 0.4) is 0 Å². The highest BCUT2D eigenvalue weighted by Crippen LogP contribution is 2.27. The number of amides is 1. The lowest BCUT2D eigenvalue weighted by molar-refractivity contribution is -0.119. The molecule has 98 valence electrons. The summed E-state index contributed by atoms with van der Waals surface area (Å²) in [5.41, 5.74) is 0.631. The molecule has 1 aromatic carbocycles. The van der Waals surface area contributed by atoms with Crippen LogP contribution in [-0.2, 0) is 4.79 Å². The van der Waals surface area contributed by atoms with E-state index in [9.17, 15) is 9.18 Å². The van der Waals surface area contributed by atoms with Crippen molar-refractivity contribution in [2.24, 2.45) is 5.92 Å². The molecule has 0 aliphatic heterocycles. The molecule has 1 fully saturated rings. The van der Waals surface area contributed by atoms with Gasteiger partial charge in [-0.2, -0.15) is 0 Å². The summed E-state index contributed by atoms with van der Waals surface area (Å²) in [6.07, 6.45) is 4.26. The summed E-state index contributed by atoms with van der Waals surface area (Å²) in [7, 11) is 0. The van der Waals surface area contributed by atoms with Gasteiger partial charge < -0.3 is 10.6 Å². The summed E-state index contributed by atoms with van der Waals surface area (Å²) in [5.74, 6) is 0.370. The van der Waals surface area contributed by atoms with Gasteiger partial charge in [-0.15, -0.1) is 11.8 Å². The monoisotopic (exact) mass is 268 g/mol. The normalized spacial score (nSPS) is 14.3. The van der Waals surface area contributed by atoms with E-state index in [-0.39, 0.29) is 18.3 Å². The predicted octanol–water partition coefficient (Wildman–Crippen LogP) is 2.49. The van der Waals surface area contributed by atoms with E-state index in [1.165, 1.54) is 30.7 Å². The number of thioether (sulfide) groups is 1. The average molecular weight is 268 g/mol. The number of anilines is 1. The van der Waals surface area contributed by atoms with Crippen molar-refractivity contribution < 1.29 is 9.18 Å². The first-order valence-corrected chi connectivity index (χ1v) is 7.25.